The first-order valence-corrected chi connectivity index (χ1v) is 38.2. The Labute approximate surface area is 669 Å². The molecule has 4 atom stereocenters. The van der Waals surface area contributed by atoms with E-state index in [-0.39, 0.29) is 151 Å². The van der Waals surface area contributed by atoms with Gasteiger partial charge in [-0.2, -0.15) is 0 Å². The minimum atomic E-state index is -1.56. The van der Waals surface area contributed by atoms with Crippen LogP contribution in [0.3, 0.4) is 0 Å². The molecular formula is C84H88F5N13O15. The SMILES string of the molecule is CNc1c(C(=O)NC2CC2)cnc2cc(F)c(-c3ccc(C(=O)NCCCCCC(=O)C(O)Cc4cccc5c4CN(C4CCC(=O)NC4=O)C5=O)c(F)c3)cc12.CNc1c(C(=O)NC2CC2)cnc2cc(F)c(-c3ccc(C(=O)NCCCCN)c(F)c3)cc12.O=C1CCC(N2Cc3c(CC(O)C(=O)O)cccc3C2=O)C(=O)N1.[2H]CF. The van der Waals surface area contributed by atoms with E-state index < -0.39 is 84.3 Å². The fourth-order valence-electron chi connectivity index (χ4n) is 14.4. The molecule has 0 bridgehead atoms. The number of unbranched alkanes of at least 4 members (excludes halogenated alkanes) is 3. The summed E-state index contributed by atoms with van der Waals surface area (Å²) in [6, 6.07) is 22.1. The summed E-state index contributed by atoms with van der Waals surface area (Å²) in [4.78, 5) is 158. The first kappa shape index (κ1) is 83.9. The molecule has 28 nitrogen and oxygen atoms in total. The van der Waals surface area contributed by atoms with E-state index in [1.54, 1.807) is 56.6 Å². The first-order valence-electron chi connectivity index (χ1n) is 38.9. The van der Waals surface area contributed by atoms with E-state index in [2.05, 4.69) is 52.5 Å². The van der Waals surface area contributed by atoms with Gasteiger partial charge >= 0.3 is 5.97 Å². The maximum atomic E-state index is 15.3. The average Bonchev–Trinajstić information content (AvgIpc) is 1.14. The molecule has 4 aliphatic heterocycles. The van der Waals surface area contributed by atoms with Crippen LogP contribution >= 0.6 is 0 Å². The highest BCUT2D eigenvalue weighted by molar-refractivity contribution is 6.11. The van der Waals surface area contributed by atoms with E-state index in [1.165, 1.54) is 64.7 Å². The number of amides is 10. The number of benzene rings is 6. The number of Topliss-reactive ketones (excluding diaryl/α,β-unsaturated/α-hetero) is 1. The molecule has 0 radical (unpaired) electrons. The number of nitrogens with two attached hydrogens (primary N) is 1. The highest BCUT2D eigenvalue weighted by Gasteiger charge is 2.42. The Morgan fingerprint density at radius 2 is 0.966 bits per heavy atom. The number of hydrogen-bond donors (Lipinski definition) is 12. The van der Waals surface area contributed by atoms with Gasteiger partial charge in [-0.3, -0.25) is 77.7 Å². The van der Waals surface area contributed by atoms with Crippen molar-refractivity contribution in [2.24, 2.45) is 5.73 Å². The molecule has 6 aliphatic rings. The molecule has 2 aliphatic carbocycles. The largest absolute Gasteiger partial charge is 0.479 e. The summed E-state index contributed by atoms with van der Waals surface area (Å²) in [5, 5.41) is 51.9. The van der Waals surface area contributed by atoms with Gasteiger partial charge < -0.3 is 62.8 Å². The second kappa shape index (κ2) is 38.3. The minimum Gasteiger partial charge on any atom is -0.479 e. The molecule has 2 saturated heterocycles. The number of carbonyl (C=O) groups is 12. The summed E-state index contributed by atoms with van der Waals surface area (Å²) in [6.45, 7) is 1.42. The van der Waals surface area contributed by atoms with Crippen LogP contribution in [-0.2, 0) is 54.7 Å². The van der Waals surface area contributed by atoms with E-state index in [1.807, 2.05) is 0 Å². The highest BCUT2D eigenvalue weighted by atomic mass is 19.1. The van der Waals surface area contributed by atoms with Gasteiger partial charge in [0.1, 0.15) is 41.5 Å². The van der Waals surface area contributed by atoms with E-state index in [4.69, 9.17) is 12.2 Å². The fourth-order valence-corrected chi connectivity index (χ4v) is 14.4. The molecule has 8 aromatic rings. The molecule has 117 heavy (non-hydrogen) atoms. The molecule has 10 amide bonds. The molecule has 4 fully saturated rings. The molecular weight excluding hydrogens is 1530 g/mol. The van der Waals surface area contributed by atoms with Crippen LogP contribution in [0.1, 0.15) is 176 Å². The third kappa shape index (κ3) is 20.1. The number of alkyl halides is 1. The van der Waals surface area contributed by atoms with Crippen molar-refractivity contribution in [3.8, 4) is 22.3 Å². The number of hydrogen-bond acceptors (Lipinski definition) is 19. The number of carboxylic acid groups (broad SMARTS) is 1. The van der Waals surface area contributed by atoms with Gasteiger partial charge in [0, 0.05) is 142 Å². The van der Waals surface area contributed by atoms with Gasteiger partial charge in [-0.05, 0) is 153 Å². The van der Waals surface area contributed by atoms with E-state index in [0.29, 0.717) is 116 Å². The summed E-state index contributed by atoms with van der Waals surface area (Å²) in [5.41, 5.74) is 11.4. The Morgan fingerprint density at radius 3 is 1.36 bits per heavy atom. The topological polar surface area (TPSA) is 420 Å². The number of fused-ring (bicyclic) bond motifs is 4. The Kier molecular flexibility index (Phi) is 27.5. The smallest absolute Gasteiger partial charge is 0.332 e. The standard InChI is InChI=1S/C42H42F2N6O7.C25H27F2N5O2.C16H16N2O6.CH3F/c1-45-38-28-18-27(32(44)19-33(28)47-20-29(38)40(55)48-24-10-11-24)23-9-12-26(31(43)16-23)39(54)46-15-4-2-3-8-35(51)36(52)17-22-6-5-7-25-30(22)21-50(42(25)57)34-13-14-37(53)49-41(34)56;1-29-23-18-11-17(14-4-7-16(20(26)10-14)24(33)30-9-3-2-8-28)21(27)12-22(18)31-13-19(23)25(34)32-15-5-6-15;19-12(16(23)24)6-8-2-1-3-9-10(8)7-18(15(9)22)11-4-5-13(20)17-14(11)21;1-2/h5-7,9,12,16,18-20,24,34,36,52H,2-4,8,10-11,13-15,17,21H2,1H3,(H,45,47)(H,46,54)(H,48,55)(H,49,53,56);4,7,10-13,15H,2-3,5-6,8-9,28H2,1H3,(H,29,31)(H,30,33)(H,32,34);1-3,11-12,19H,4-7H2,(H,23,24)(H,17,20,21);1H3/i;;;1D. The van der Waals surface area contributed by atoms with Crippen LogP contribution < -0.4 is 48.3 Å². The summed E-state index contributed by atoms with van der Waals surface area (Å²) in [5.74, 6) is -8.67. The van der Waals surface area contributed by atoms with Crippen molar-refractivity contribution in [2.75, 3.05) is 51.5 Å². The zero-order valence-electron chi connectivity index (χ0n) is 64.9. The second-order valence-electron chi connectivity index (χ2n) is 28.9. The number of aliphatic hydroxyl groups excluding tert-OH is 2. The van der Waals surface area contributed by atoms with Crippen LogP contribution in [0, 0.1) is 23.3 Å². The van der Waals surface area contributed by atoms with Crippen LogP contribution in [0.25, 0.3) is 44.1 Å². The first-order chi connectivity index (χ1) is 56.6. The summed E-state index contributed by atoms with van der Waals surface area (Å²) >= 11 is 0. The molecule has 6 aromatic carbocycles. The third-order valence-corrected chi connectivity index (χ3v) is 20.9. The summed E-state index contributed by atoms with van der Waals surface area (Å²) in [7, 11) is 2.32. The normalized spacial score (nSPS) is 16.6. The number of nitrogens with one attached hydrogen (secondary N) is 8. The molecule has 2 aromatic heterocycles. The third-order valence-electron chi connectivity index (χ3n) is 20.9. The van der Waals surface area contributed by atoms with Gasteiger partial charge in [0.05, 0.1) is 53.2 Å². The number of carbonyl (C=O) groups excluding carboxylic acids is 11. The van der Waals surface area contributed by atoms with Crippen LogP contribution in [-0.4, -0.2) is 183 Å². The number of carboxylic acids is 1. The Balaban J connectivity index is 0.000000189. The molecule has 6 heterocycles. The monoisotopic (exact) mass is 1610 g/mol. The van der Waals surface area contributed by atoms with Crippen molar-refractivity contribution in [1.82, 2.24) is 51.7 Å². The predicted octanol–water partition coefficient (Wildman–Crippen LogP) is 7.94. The zero-order chi connectivity index (χ0) is 84.8. The van der Waals surface area contributed by atoms with Gasteiger partial charge in [0.2, 0.25) is 23.6 Å². The van der Waals surface area contributed by atoms with Gasteiger partial charge in [0.25, 0.3) is 35.4 Å². The quantitative estimate of drug-likeness (QED) is 0.0126. The van der Waals surface area contributed by atoms with Crippen molar-refractivity contribution in [2.45, 2.75) is 152 Å². The molecule has 14 rings (SSSR count). The number of nitrogens with zero attached hydrogens (tertiary/aromatic N) is 4. The van der Waals surface area contributed by atoms with Crippen LogP contribution in [0.4, 0.5) is 33.3 Å². The van der Waals surface area contributed by atoms with E-state index in [0.717, 1.165) is 44.2 Å². The van der Waals surface area contributed by atoms with Gasteiger partial charge in [-0.15, -0.1) is 0 Å². The van der Waals surface area contributed by atoms with Gasteiger partial charge in [0.15, 0.2) is 11.9 Å². The van der Waals surface area contributed by atoms with Gasteiger partial charge in [-0.1, -0.05) is 42.8 Å². The Bertz CT molecular complexity index is 5280. The number of piperidine rings is 2. The number of aliphatic hydroxyl groups is 2. The van der Waals surface area contributed by atoms with E-state index >= 15 is 8.78 Å². The van der Waals surface area contributed by atoms with Crippen molar-refractivity contribution in [3.05, 3.63) is 188 Å². The van der Waals surface area contributed by atoms with E-state index in [9.17, 15) is 80.9 Å². The fraction of sp³-hybridized carbons (Fsp3) is 0.357. The van der Waals surface area contributed by atoms with Crippen molar-refractivity contribution in [1.29, 1.82) is 0 Å². The lowest BCUT2D eigenvalue weighted by Gasteiger charge is -2.29. The highest BCUT2D eigenvalue weighted by Crippen LogP contribution is 2.38. The second-order valence-corrected chi connectivity index (χ2v) is 28.9. The number of anilines is 2. The predicted molar refractivity (Wildman–Crippen MR) is 420 cm³/mol. The number of aromatic nitrogens is 2. The molecule has 2 saturated carbocycles. The van der Waals surface area contributed by atoms with Crippen molar-refractivity contribution < 1.29 is 96.2 Å². The molecule has 4 unspecified atom stereocenters. The van der Waals surface area contributed by atoms with Crippen LogP contribution in [0.5, 0.6) is 0 Å². The maximum Gasteiger partial charge on any atom is 0.332 e. The lowest BCUT2D eigenvalue weighted by atomic mass is 9.95. The van der Waals surface area contributed by atoms with Crippen molar-refractivity contribution in [3.63, 3.8) is 0 Å². The number of rotatable bonds is 28. The lowest BCUT2D eigenvalue weighted by molar-refractivity contribution is -0.146. The molecule has 614 valence electrons. The minimum absolute atomic E-state index is 0.000581. The lowest BCUT2D eigenvalue weighted by Crippen LogP contribution is -2.52. The number of halogens is 5. The van der Waals surface area contributed by atoms with Crippen molar-refractivity contribution >= 4 is 104 Å². The van der Waals surface area contributed by atoms with Crippen LogP contribution in [0.2, 0.25) is 0 Å². The maximum absolute atomic E-state index is 15.3. The molecule has 33 heteroatoms. The summed E-state index contributed by atoms with van der Waals surface area (Å²) < 4.78 is 75.8. The van der Waals surface area contributed by atoms with Crippen LogP contribution in [0.15, 0.2) is 109 Å². The number of imide groups is 2. The van der Waals surface area contributed by atoms with Gasteiger partial charge in [-0.25, -0.2) is 22.4 Å². The zero-order valence-corrected chi connectivity index (χ0v) is 63.9. The Hall–Kier alpha value is -12.5. The summed E-state index contributed by atoms with van der Waals surface area (Å²) in [6.07, 6.45) is 7.38. The Morgan fingerprint density at radius 1 is 0.538 bits per heavy atom. The number of ketones is 1. The number of aliphatic carboxylic acids is 1. The average molecular weight is 1620 g/mol. The molecule has 13 N–H and O–H groups in total. The molecule has 0 spiro atoms. The number of pyridine rings is 2.